The molecule has 0 spiro atoms. The Morgan fingerprint density at radius 1 is 1.36 bits per heavy atom. The summed E-state index contributed by atoms with van der Waals surface area (Å²) in [5, 5.41) is 0. The highest BCUT2D eigenvalue weighted by Gasteiger charge is 2.63. The van der Waals surface area contributed by atoms with E-state index in [4.69, 9.17) is 4.74 Å². The molecule has 1 rings (SSSR count). The summed E-state index contributed by atoms with van der Waals surface area (Å²) in [6.07, 6.45) is 0.636. The first-order chi connectivity index (χ1) is 6.20. The lowest BCUT2D eigenvalue weighted by Crippen LogP contribution is -2.34. The summed E-state index contributed by atoms with van der Waals surface area (Å²) in [6.45, 7) is 8.81. The molecule has 14 heavy (non-hydrogen) atoms. The molecular weight excluding hydrogens is 180 g/mol. The molecule has 0 aromatic rings. The third-order valence-corrected chi connectivity index (χ3v) is 2.70. The number of Topliss-reactive ketones (excluding diaryl/α,β-unsaturated/α-hetero) is 1. The quantitative estimate of drug-likeness (QED) is 0.503. The Morgan fingerprint density at radius 2 is 1.79 bits per heavy atom. The van der Waals surface area contributed by atoms with Crippen molar-refractivity contribution in [3.8, 4) is 0 Å². The molecule has 1 saturated carbocycles. The molecule has 0 aromatic carbocycles. The van der Waals surface area contributed by atoms with Gasteiger partial charge in [0.2, 0.25) is 0 Å². The maximum atomic E-state index is 11.8. The average molecular weight is 198 g/mol. The molecule has 0 aliphatic heterocycles. The van der Waals surface area contributed by atoms with E-state index >= 15 is 0 Å². The highest BCUT2D eigenvalue weighted by Crippen LogP contribution is 2.54. The zero-order valence-corrected chi connectivity index (χ0v) is 9.51. The average Bonchev–Trinajstić information content (AvgIpc) is 2.58. The number of esters is 1. The lowest BCUT2D eigenvalue weighted by Gasteiger charge is -2.23. The largest absolute Gasteiger partial charge is 0.459 e. The van der Waals surface area contributed by atoms with Gasteiger partial charge in [0.1, 0.15) is 16.8 Å². The van der Waals surface area contributed by atoms with E-state index in [0.717, 1.165) is 0 Å². The van der Waals surface area contributed by atoms with Gasteiger partial charge in [0.25, 0.3) is 0 Å². The second-order valence-corrected chi connectivity index (χ2v) is 5.13. The Morgan fingerprint density at radius 3 is 2.00 bits per heavy atom. The molecule has 0 aromatic heterocycles. The van der Waals surface area contributed by atoms with Crippen LogP contribution in [0.15, 0.2) is 0 Å². The fourth-order valence-electron chi connectivity index (χ4n) is 1.71. The number of carbonyl (C=O) groups excluding carboxylic acids is 2. The highest BCUT2D eigenvalue weighted by molar-refractivity contribution is 6.06. The fraction of sp³-hybridized carbons (Fsp3) is 0.818. The van der Waals surface area contributed by atoms with Gasteiger partial charge in [-0.25, -0.2) is 0 Å². The fourth-order valence-corrected chi connectivity index (χ4v) is 1.71. The minimum absolute atomic E-state index is 0.0701. The Bertz CT molecular complexity index is 275. The summed E-state index contributed by atoms with van der Waals surface area (Å²) in [6, 6.07) is 0. The molecule has 0 N–H and O–H groups in total. The summed E-state index contributed by atoms with van der Waals surface area (Å²) in [4.78, 5) is 23.1. The maximum absolute atomic E-state index is 11.8. The van der Waals surface area contributed by atoms with E-state index in [1.807, 2.05) is 27.7 Å². The molecule has 2 unspecified atom stereocenters. The Hall–Kier alpha value is -0.860. The zero-order valence-electron chi connectivity index (χ0n) is 9.51. The van der Waals surface area contributed by atoms with Gasteiger partial charge < -0.3 is 4.74 Å². The molecule has 0 saturated heterocycles. The number of ketones is 1. The Labute approximate surface area is 84.8 Å². The highest BCUT2D eigenvalue weighted by atomic mass is 16.6. The van der Waals surface area contributed by atoms with Crippen LogP contribution in [-0.4, -0.2) is 17.4 Å². The van der Waals surface area contributed by atoms with Crippen LogP contribution < -0.4 is 0 Å². The molecule has 1 fully saturated rings. The molecule has 3 heteroatoms. The van der Waals surface area contributed by atoms with Crippen molar-refractivity contribution < 1.29 is 14.3 Å². The van der Waals surface area contributed by atoms with Gasteiger partial charge in [-0.3, -0.25) is 9.59 Å². The van der Waals surface area contributed by atoms with Crippen molar-refractivity contribution >= 4 is 11.8 Å². The molecular formula is C11H18O3. The lowest BCUT2D eigenvalue weighted by molar-refractivity contribution is -0.164. The van der Waals surface area contributed by atoms with Crippen LogP contribution in [0.2, 0.25) is 0 Å². The van der Waals surface area contributed by atoms with Gasteiger partial charge in [0.15, 0.2) is 0 Å². The SMILES string of the molecule is CC(=O)C1(C(=O)OC(C)(C)C)CC1C. The second kappa shape index (κ2) is 3.07. The molecule has 2 atom stereocenters. The molecule has 0 bridgehead atoms. The van der Waals surface area contributed by atoms with E-state index in [1.54, 1.807) is 0 Å². The molecule has 1 aliphatic carbocycles. The number of hydrogen-bond donors (Lipinski definition) is 0. The van der Waals surface area contributed by atoms with Gasteiger partial charge in [0, 0.05) is 0 Å². The van der Waals surface area contributed by atoms with E-state index in [0.29, 0.717) is 6.42 Å². The van der Waals surface area contributed by atoms with Crippen LogP contribution >= 0.6 is 0 Å². The van der Waals surface area contributed by atoms with Gasteiger partial charge in [-0.2, -0.15) is 0 Å². The van der Waals surface area contributed by atoms with E-state index in [-0.39, 0.29) is 17.7 Å². The third-order valence-electron chi connectivity index (χ3n) is 2.70. The van der Waals surface area contributed by atoms with Gasteiger partial charge in [-0.05, 0) is 40.0 Å². The van der Waals surface area contributed by atoms with Crippen molar-refractivity contribution in [2.75, 3.05) is 0 Å². The Balaban J connectivity index is 2.75. The van der Waals surface area contributed by atoms with Gasteiger partial charge in [-0.15, -0.1) is 0 Å². The summed E-state index contributed by atoms with van der Waals surface area (Å²) >= 11 is 0. The number of hydrogen-bond acceptors (Lipinski definition) is 3. The number of carbonyl (C=O) groups is 2. The maximum Gasteiger partial charge on any atom is 0.320 e. The number of ether oxygens (including phenoxy) is 1. The molecule has 0 radical (unpaired) electrons. The molecule has 0 amide bonds. The third kappa shape index (κ3) is 1.81. The van der Waals surface area contributed by atoms with Crippen LogP contribution in [0.1, 0.15) is 41.0 Å². The summed E-state index contributed by atoms with van der Waals surface area (Å²) in [7, 11) is 0. The smallest absolute Gasteiger partial charge is 0.320 e. The van der Waals surface area contributed by atoms with Crippen LogP contribution in [0.3, 0.4) is 0 Å². The first-order valence-corrected chi connectivity index (χ1v) is 4.94. The summed E-state index contributed by atoms with van der Waals surface area (Å²) < 4.78 is 5.24. The van der Waals surface area contributed by atoms with E-state index < -0.39 is 11.0 Å². The minimum Gasteiger partial charge on any atom is -0.459 e. The predicted molar refractivity (Wildman–Crippen MR) is 52.7 cm³/mol. The molecule has 0 heterocycles. The second-order valence-electron chi connectivity index (χ2n) is 5.13. The van der Waals surface area contributed by atoms with Crippen molar-refractivity contribution in [1.82, 2.24) is 0 Å². The van der Waals surface area contributed by atoms with E-state index in [2.05, 4.69) is 0 Å². The number of rotatable bonds is 2. The topological polar surface area (TPSA) is 43.4 Å². The van der Waals surface area contributed by atoms with Crippen LogP contribution in [-0.2, 0) is 14.3 Å². The van der Waals surface area contributed by atoms with Gasteiger partial charge in [0.05, 0.1) is 0 Å². The van der Waals surface area contributed by atoms with Gasteiger partial charge >= 0.3 is 5.97 Å². The first-order valence-electron chi connectivity index (χ1n) is 4.94. The van der Waals surface area contributed by atoms with E-state index in [9.17, 15) is 9.59 Å². The normalized spacial score (nSPS) is 31.1. The van der Waals surface area contributed by atoms with Crippen LogP contribution in [0.25, 0.3) is 0 Å². The van der Waals surface area contributed by atoms with Crippen molar-refractivity contribution in [2.45, 2.75) is 46.6 Å². The standard InChI is InChI=1S/C11H18O3/c1-7-6-11(7,8(2)12)9(13)14-10(3,4)5/h7H,6H2,1-5H3. The Kier molecular flexibility index (Phi) is 2.46. The van der Waals surface area contributed by atoms with Crippen molar-refractivity contribution in [3.63, 3.8) is 0 Å². The molecule has 1 aliphatic rings. The molecule has 80 valence electrons. The monoisotopic (exact) mass is 198 g/mol. The van der Waals surface area contributed by atoms with Crippen LogP contribution in [0.4, 0.5) is 0 Å². The summed E-state index contributed by atoms with van der Waals surface area (Å²) in [5.74, 6) is -0.292. The van der Waals surface area contributed by atoms with Crippen molar-refractivity contribution in [3.05, 3.63) is 0 Å². The van der Waals surface area contributed by atoms with Crippen molar-refractivity contribution in [1.29, 1.82) is 0 Å². The van der Waals surface area contributed by atoms with Gasteiger partial charge in [-0.1, -0.05) is 6.92 Å². The first kappa shape index (κ1) is 11.2. The van der Waals surface area contributed by atoms with Crippen LogP contribution in [0, 0.1) is 11.3 Å². The predicted octanol–water partition coefficient (Wildman–Crippen LogP) is 1.94. The minimum atomic E-state index is -0.826. The van der Waals surface area contributed by atoms with E-state index in [1.165, 1.54) is 6.92 Å². The van der Waals surface area contributed by atoms with Crippen LogP contribution in [0.5, 0.6) is 0 Å². The summed E-state index contributed by atoms with van der Waals surface area (Å²) in [5.41, 5.74) is -1.34. The lowest BCUT2D eigenvalue weighted by atomic mass is 9.99. The van der Waals surface area contributed by atoms with Crippen molar-refractivity contribution in [2.24, 2.45) is 11.3 Å². The zero-order chi connectivity index (χ0) is 11.1. The molecule has 3 nitrogen and oxygen atoms in total.